The first kappa shape index (κ1) is 17.5. The van der Waals surface area contributed by atoms with E-state index in [0.717, 1.165) is 43.0 Å². The molecular weight excluding hydrogens is 316 g/mol. The fraction of sp³-hybridized carbons (Fsp3) is 0.421. The maximum atomic E-state index is 11.4. The molecule has 132 valence electrons. The lowest BCUT2D eigenvalue weighted by Gasteiger charge is -2.24. The van der Waals surface area contributed by atoms with Gasteiger partial charge in [0.25, 0.3) is 0 Å². The number of hydrogen-bond acceptors (Lipinski definition) is 5. The van der Waals surface area contributed by atoms with Gasteiger partial charge in [0.05, 0.1) is 17.3 Å². The first-order chi connectivity index (χ1) is 12.0. The minimum absolute atomic E-state index is 0.143. The van der Waals surface area contributed by atoms with Gasteiger partial charge in [-0.1, -0.05) is 18.2 Å². The number of aromatic carboxylic acids is 1. The van der Waals surface area contributed by atoms with E-state index < -0.39 is 5.97 Å². The third kappa shape index (κ3) is 4.21. The second-order valence-electron chi connectivity index (χ2n) is 6.73. The number of carboxylic acid groups (broad SMARTS) is 1. The van der Waals surface area contributed by atoms with Gasteiger partial charge in [-0.25, -0.2) is 14.8 Å². The van der Waals surface area contributed by atoms with Crippen LogP contribution in [0.15, 0.2) is 36.5 Å². The van der Waals surface area contributed by atoms with Crippen LogP contribution >= 0.6 is 0 Å². The van der Waals surface area contributed by atoms with Crippen molar-refractivity contribution in [3.8, 4) is 0 Å². The number of carboxylic acids is 1. The molecule has 3 rings (SSSR count). The molecular formula is C19H24N4O2. The topological polar surface area (TPSA) is 69.6 Å². The molecule has 1 N–H and O–H groups in total. The van der Waals surface area contributed by atoms with Crippen LogP contribution in [0.2, 0.25) is 0 Å². The van der Waals surface area contributed by atoms with Crippen LogP contribution < -0.4 is 0 Å². The Morgan fingerprint density at radius 2 is 2.12 bits per heavy atom. The van der Waals surface area contributed by atoms with Crippen LogP contribution in [0, 0.1) is 0 Å². The maximum Gasteiger partial charge on any atom is 0.336 e. The Morgan fingerprint density at radius 3 is 2.88 bits per heavy atom. The predicted octanol–water partition coefficient (Wildman–Crippen LogP) is 2.57. The van der Waals surface area contributed by atoms with Gasteiger partial charge in [-0.05, 0) is 51.2 Å². The number of benzene rings is 1. The quantitative estimate of drug-likeness (QED) is 0.872. The Kier molecular flexibility index (Phi) is 5.40. The van der Waals surface area contributed by atoms with Crippen LogP contribution in [-0.2, 0) is 13.1 Å². The third-order valence-electron chi connectivity index (χ3n) is 4.49. The van der Waals surface area contributed by atoms with Crippen molar-refractivity contribution < 1.29 is 9.90 Å². The minimum Gasteiger partial charge on any atom is -0.478 e. The van der Waals surface area contributed by atoms with E-state index in [-0.39, 0.29) is 6.04 Å². The molecule has 2 aromatic rings. The standard InChI is InChI=1S/C19H24N4O2/c1-22(2)13-15-9-10-20-18(21-15)17-8-5-11-23(17)12-14-6-3-4-7-16(14)19(24)25/h3-4,6-7,9-10,17H,5,8,11-13H2,1-2H3,(H,24,25)/t17-/m1/s1. The molecule has 1 saturated heterocycles. The van der Waals surface area contributed by atoms with E-state index in [0.29, 0.717) is 12.1 Å². The van der Waals surface area contributed by atoms with Crippen molar-refractivity contribution in [3.05, 3.63) is 59.2 Å². The molecule has 0 aliphatic carbocycles. The molecule has 1 fully saturated rings. The van der Waals surface area contributed by atoms with Gasteiger partial charge in [-0.3, -0.25) is 4.90 Å². The average molecular weight is 340 g/mol. The van der Waals surface area contributed by atoms with Gasteiger partial charge >= 0.3 is 5.97 Å². The maximum absolute atomic E-state index is 11.4. The number of hydrogen-bond donors (Lipinski definition) is 1. The van der Waals surface area contributed by atoms with Crippen LogP contribution in [-0.4, -0.2) is 51.5 Å². The average Bonchev–Trinajstić information content (AvgIpc) is 3.03. The first-order valence-electron chi connectivity index (χ1n) is 8.56. The molecule has 6 heteroatoms. The third-order valence-corrected chi connectivity index (χ3v) is 4.49. The van der Waals surface area contributed by atoms with Gasteiger partial charge in [0.15, 0.2) is 0 Å². The Morgan fingerprint density at radius 1 is 1.32 bits per heavy atom. The predicted molar refractivity (Wildman–Crippen MR) is 95.2 cm³/mol. The van der Waals surface area contributed by atoms with Crippen molar-refractivity contribution in [2.24, 2.45) is 0 Å². The van der Waals surface area contributed by atoms with Crippen LogP contribution in [0.1, 0.15) is 46.3 Å². The zero-order valence-electron chi connectivity index (χ0n) is 14.7. The molecule has 0 amide bonds. The number of carbonyl (C=O) groups is 1. The highest BCUT2D eigenvalue weighted by molar-refractivity contribution is 5.89. The van der Waals surface area contributed by atoms with Gasteiger partial charge < -0.3 is 10.0 Å². The molecule has 1 aromatic carbocycles. The van der Waals surface area contributed by atoms with Gasteiger partial charge in [0, 0.05) is 19.3 Å². The fourth-order valence-electron chi connectivity index (χ4n) is 3.38. The summed E-state index contributed by atoms with van der Waals surface area (Å²) < 4.78 is 0. The van der Waals surface area contributed by atoms with E-state index in [1.807, 2.05) is 38.5 Å². The molecule has 0 saturated carbocycles. The summed E-state index contributed by atoms with van der Waals surface area (Å²) in [6, 6.07) is 9.30. The number of rotatable bonds is 6. The summed E-state index contributed by atoms with van der Waals surface area (Å²) >= 11 is 0. The summed E-state index contributed by atoms with van der Waals surface area (Å²) in [7, 11) is 4.04. The minimum atomic E-state index is -0.879. The number of aromatic nitrogens is 2. The van der Waals surface area contributed by atoms with Gasteiger partial charge in [0.1, 0.15) is 5.82 Å². The van der Waals surface area contributed by atoms with Crippen LogP contribution in [0.5, 0.6) is 0 Å². The summed E-state index contributed by atoms with van der Waals surface area (Å²) in [4.78, 5) is 25.0. The molecule has 25 heavy (non-hydrogen) atoms. The first-order valence-corrected chi connectivity index (χ1v) is 8.56. The van der Waals surface area contributed by atoms with E-state index >= 15 is 0 Å². The van der Waals surface area contributed by atoms with E-state index in [4.69, 9.17) is 4.98 Å². The van der Waals surface area contributed by atoms with E-state index in [1.54, 1.807) is 12.1 Å². The lowest BCUT2D eigenvalue weighted by atomic mass is 10.1. The summed E-state index contributed by atoms with van der Waals surface area (Å²) in [5, 5.41) is 9.39. The van der Waals surface area contributed by atoms with Crippen molar-refractivity contribution in [2.75, 3.05) is 20.6 Å². The summed E-state index contributed by atoms with van der Waals surface area (Å²) in [6.45, 7) is 2.32. The lowest BCUT2D eigenvalue weighted by Crippen LogP contribution is -2.25. The lowest BCUT2D eigenvalue weighted by molar-refractivity contribution is 0.0694. The number of likely N-dealkylation sites (tertiary alicyclic amines) is 1. The summed E-state index contributed by atoms with van der Waals surface area (Å²) in [5.74, 6) is -0.0415. The van der Waals surface area contributed by atoms with Crippen molar-refractivity contribution in [3.63, 3.8) is 0 Å². The van der Waals surface area contributed by atoms with Crippen molar-refractivity contribution >= 4 is 5.97 Å². The molecule has 0 unspecified atom stereocenters. The molecule has 1 atom stereocenters. The normalized spacial score (nSPS) is 18.0. The molecule has 0 bridgehead atoms. The van der Waals surface area contributed by atoms with Crippen molar-refractivity contribution in [1.82, 2.24) is 19.8 Å². The summed E-state index contributed by atoms with van der Waals surface area (Å²) in [6.07, 6.45) is 3.89. The highest BCUT2D eigenvalue weighted by Gasteiger charge is 2.29. The smallest absolute Gasteiger partial charge is 0.336 e. The highest BCUT2D eigenvalue weighted by Crippen LogP contribution is 2.31. The Hall–Kier alpha value is -2.31. The molecule has 0 spiro atoms. The monoisotopic (exact) mass is 340 g/mol. The number of nitrogens with zero attached hydrogens (tertiary/aromatic N) is 4. The molecule has 1 aromatic heterocycles. The van der Waals surface area contributed by atoms with Gasteiger partial charge in [0.2, 0.25) is 0 Å². The molecule has 0 radical (unpaired) electrons. The largest absolute Gasteiger partial charge is 0.478 e. The van der Waals surface area contributed by atoms with Crippen molar-refractivity contribution in [2.45, 2.75) is 32.0 Å². The fourth-order valence-corrected chi connectivity index (χ4v) is 3.38. The molecule has 1 aliphatic heterocycles. The zero-order valence-corrected chi connectivity index (χ0v) is 14.7. The second-order valence-corrected chi connectivity index (χ2v) is 6.73. The second kappa shape index (κ2) is 7.72. The van der Waals surface area contributed by atoms with E-state index in [2.05, 4.69) is 14.8 Å². The molecule has 1 aliphatic rings. The Balaban J connectivity index is 1.81. The Bertz CT molecular complexity index is 748. The van der Waals surface area contributed by atoms with Gasteiger partial charge in [-0.15, -0.1) is 0 Å². The zero-order chi connectivity index (χ0) is 17.8. The summed E-state index contributed by atoms with van der Waals surface area (Å²) in [5.41, 5.74) is 2.22. The van der Waals surface area contributed by atoms with Crippen LogP contribution in [0.4, 0.5) is 0 Å². The van der Waals surface area contributed by atoms with Gasteiger partial charge in [-0.2, -0.15) is 0 Å². The van der Waals surface area contributed by atoms with E-state index in [9.17, 15) is 9.90 Å². The Labute approximate surface area is 148 Å². The molecule has 2 heterocycles. The van der Waals surface area contributed by atoms with Crippen molar-refractivity contribution in [1.29, 1.82) is 0 Å². The highest BCUT2D eigenvalue weighted by atomic mass is 16.4. The van der Waals surface area contributed by atoms with E-state index in [1.165, 1.54) is 0 Å². The molecule has 6 nitrogen and oxygen atoms in total. The van der Waals surface area contributed by atoms with Crippen LogP contribution in [0.3, 0.4) is 0 Å². The SMILES string of the molecule is CN(C)Cc1ccnc([C@H]2CCCN2Cc2ccccc2C(=O)O)n1. The van der Waals surface area contributed by atoms with Crippen LogP contribution in [0.25, 0.3) is 0 Å².